The number of carbonyl (C=O) groups excluding carboxylic acids is 1. The maximum atomic E-state index is 13.0. The van der Waals surface area contributed by atoms with Crippen molar-refractivity contribution in [3.8, 4) is 0 Å². The molecule has 0 amide bonds. The minimum Gasteiger partial charge on any atom is -0.469 e. The minimum atomic E-state index is -0.317. The van der Waals surface area contributed by atoms with Gasteiger partial charge in [0.25, 0.3) is 0 Å². The first-order chi connectivity index (χ1) is 9.69. The Morgan fingerprint density at radius 3 is 2.40 bits per heavy atom. The zero-order valence-corrected chi connectivity index (χ0v) is 11.2. The Balaban J connectivity index is 2.20. The zero-order valence-electron chi connectivity index (χ0n) is 11.2. The molecule has 0 bridgehead atoms. The molecular weight excluding hydrogens is 257 g/mol. The van der Waals surface area contributed by atoms with Crippen molar-refractivity contribution in [1.82, 2.24) is 0 Å². The van der Waals surface area contributed by atoms with Crippen LogP contribution in [0.3, 0.4) is 0 Å². The Bertz CT molecular complexity index is 554. The summed E-state index contributed by atoms with van der Waals surface area (Å²) in [4.78, 5) is 11.5. The fourth-order valence-electron chi connectivity index (χ4n) is 1.93. The fourth-order valence-corrected chi connectivity index (χ4v) is 1.93. The van der Waals surface area contributed by atoms with Gasteiger partial charge in [-0.25, -0.2) is 4.39 Å². The molecule has 0 fully saturated rings. The molecular formula is C16H16FNO2. The Hall–Kier alpha value is -2.36. The number of ether oxygens (including phenoxy) is 1. The molecule has 104 valence electrons. The first kappa shape index (κ1) is 14.1. The molecule has 0 saturated carbocycles. The summed E-state index contributed by atoms with van der Waals surface area (Å²) in [5.41, 5.74) is 1.73. The summed E-state index contributed by atoms with van der Waals surface area (Å²) in [6.07, 6.45) is 0.178. The molecule has 2 rings (SSSR count). The van der Waals surface area contributed by atoms with Crippen LogP contribution in [0.5, 0.6) is 0 Å². The van der Waals surface area contributed by atoms with Crippen LogP contribution in [0.15, 0.2) is 54.6 Å². The Morgan fingerprint density at radius 1 is 1.15 bits per heavy atom. The van der Waals surface area contributed by atoms with Gasteiger partial charge in [0.05, 0.1) is 19.6 Å². The molecule has 2 aromatic carbocycles. The molecule has 0 aliphatic rings. The number of halogens is 1. The number of para-hydroxylation sites is 1. The van der Waals surface area contributed by atoms with E-state index in [4.69, 9.17) is 4.74 Å². The van der Waals surface area contributed by atoms with Crippen molar-refractivity contribution in [2.75, 3.05) is 12.4 Å². The summed E-state index contributed by atoms with van der Waals surface area (Å²) >= 11 is 0. The van der Waals surface area contributed by atoms with E-state index in [0.717, 1.165) is 11.3 Å². The third kappa shape index (κ3) is 3.82. The predicted octanol–water partition coefficient (Wildman–Crippen LogP) is 3.54. The highest BCUT2D eigenvalue weighted by atomic mass is 19.1. The zero-order chi connectivity index (χ0) is 14.4. The van der Waals surface area contributed by atoms with Crippen molar-refractivity contribution in [2.24, 2.45) is 0 Å². The summed E-state index contributed by atoms with van der Waals surface area (Å²) in [5.74, 6) is -0.618. The lowest BCUT2D eigenvalue weighted by atomic mass is 10.0. The van der Waals surface area contributed by atoms with Gasteiger partial charge in [-0.3, -0.25) is 4.79 Å². The number of hydrogen-bond acceptors (Lipinski definition) is 3. The van der Waals surface area contributed by atoms with E-state index in [1.165, 1.54) is 19.2 Å². The quantitative estimate of drug-likeness (QED) is 0.847. The van der Waals surface area contributed by atoms with Gasteiger partial charge < -0.3 is 10.1 Å². The number of carbonyl (C=O) groups is 1. The van der Waals surface area contributed by atoms with Crippen LogP contribution in [0.4, 0.5) is 10.1 Å². The van der Waals surface area contributed by atoms with Crippen molar-refractivity contribution in [3.63, 3.8) is 0 Å². The summed E-state index contributed by atoms with van der Waals surface area (Å²) in [7, 11) is 1.35. The van der Waals surface area contributed by atoms with Gasteiger partial charge in [0.2, 0.25) is 0 Å². The fraction of sp³-hybridized carbons (Fsp3) is 0.188. The summed E-state index contributed by atoms with van der Waals surface area (Å²) in [6, 6.07) is 15.4. The summed E-state index contributed by atoms with van der Waals surface area (Å²) in [5, 5.41) is 3.26. The third-order valence-electron chi connectivity index (χ3n) is 2.99. The molecule has 20 heavy (non-hydrogen) atoms. The molecule has 0 radical (unpaired) electrons. The van der Waals surface area contributed by atoms with E-state index < -0.39 is 0 Å². The first-order valence-electron chi connectivity index (χ1n) is 6.33. The van der Waals surface area contributed by atoms with Gasteiger partial charge in [0, 0.05) is 5.69 Å². The molecule has 0 unspecified atom stereocenters. The molecule has 3 nitrogen and oxygen atoms in total. The molecule has 0 heterocycles. The molecule has 4 heteroatoms. The van der Waals surface area contributed by atoms with Crippen LogP contribution in [-0.2, 0) is 9.53 Å². The third-order valence-corrected chi connectivity index (χ3v) is 2.99. The molecule has 2 aromatic rings. The second-order valence-electron chi connectivity index (χ2n) is 4.39. The van der Waals surface area contributed by atoms with Gasteiger partial charge in [-0.15, -0.1) is 0 Å². The second kappa shape index (κ2) is 6.70. The number of esters is 1. The average molecular weight is 273 g/mol. The van der Waals surface area contributed by atoms with Crippen LogP contribution in [-0.4, -0.2) is 13.1 Å². The highest BCUT2D eigenvalue weighted by Crippen LogP contribution is 2.23. The highest BCUT2D eigenvalue weighted by Gasteiger charge is 2.16. The topological polar surface area (TPSA) is 38.3 Å². The molecule has 0 aliphatic carbocycles. The van der Waals surface area contributed by atoms with Gasteiger partial charge in [0.15, 0.2) is 0 Å². The number of nitrogens with one attached hydrogen (secondary N) is 1. The Morgan fingerprint density at radius 2 is 1.80 bits per heavy atom. The molecule has 0 aromatic heterocycles. The van der Waals surface area contributed by atoms with Crippen molar-refractivity contribution in [3.05, 3.63) is 66.0 Å². The smallest absolute Gasteiger partial charge is 0.307 e. The SMILES string of the molecule is COC(=O)C[C@H](Nc1ccccc1)c1ccc(F)cc1. The van der Waals surface area contributed by atoms with Crippen molar-refractivity contribution in [2.45, 2.75) is 12.5 Å². The predicted molar refractivity (Wildman–Crippen MR) is 75.8 cm³/mol. The monoisotopic (exact) mass is 273 g/mol. The van der Waals surface area contributed by atoms with E-state index in [0.29, 0.717) is 0 Å². The van der Waals surface area contributed by atoms with E-state index in [2.05, 4.69) is 5.32 Å². The molecule has 0 aliphatic heterocycles. The van der Waals surface area contributed by atoms with Crippen molar-refractivity contribution >= 4 is 11.7 Å². The van der Waals surface area contributed by atoms with Crippen LogP contribution in [0.25, 0.3) is 0 Å². The molecule has 0 saturated heterocycles. The van der Waals surface area contributed by atoms with E-state index in [1.807, 2.05) is 30.3 Å². The van der Waals surface area contributed by atoms with Gasteiger partial charge in [0.1, 0.15) is 5.82 Å². The normalized spacial score (nSPS) is 11.7. The minimum absolute atomic E-state index is 0.178. The lowest BCUT2D eigenvalue weighted by Crippen LogP contribution is -2.16. The van der Waals surface area contributed by atoms with Gasteiger partial charge in [-0.2, -0.15) is 0 Å². The van der Waals surface area contributed by atoms with Crippen LogP contribution in [0, 0.1) is 5.82 Å². The van der Waals surface area contributed by atoms with Crippen LogP contribution >= 0.6 is 0 Å². The van der Waals surface area contributed by atoms with Crippen LogP contribution in [0.1, 0.15) is 18.0 Å². The van der Waals surface area contributed by atoms with Crippen LogP contribution < -0.4 is 5.32 Å². The maximum Gasteiger partial charge on any atom is 0.307 e. The summed E-state index contributed by atoms with van der Waals surface area (Å²) < 4.78 is 17.7. The highest BCUT2D eigenvalue weighted by molar-refractivity contribution is 5.71. The first-order valence-corrected chi connectivity index (χ1v) is 6.33. The van der Waals surface area contributed by atoms with Crippen LogP contribution in [0.2, 0.25) is 0 Å². The Kier molecular flexibility index (Phi) is 4.71. The number of hydrogen-bond donors (Lipinski definition) is 1. The lowest BCUT2D eigenvalue weighted by Gasteiger charge is -2.19. The second-order valence-corrected chi connectivity index (χ2v) is 4.39. The number of benzene rings is 2. The van der Waals surface area contributed by atoms with Gasteiger partial charge >= 0.3 is 5.97 Å². The number of rotatable bonds is 5. The van der Waals surface area contributed by atoms with Crippen molar-refractivity contribution < 1.29 is 13.9 Å². The van der Waals surface area contributed by atoms with Crippen molar-refractivity contribution in [1.29, 1.82) is 0 Å². The van der Waals surface area contributed by atoms with Gasteiger partial charge in [-0.1, -0.05) is 30.3 Å². The van der Waals surface area contributed by atoms with Gasteiger partial charge in [-0.05, 0) is 29.8 Å². The van der Waals surface area contributed by atoms with E-state index in [-0.39, 0.29) is 24.2 Å². The number of anilines is 1. The Labute approximate surface area is 117 Å². The molecule has 1 atom stereocenters. The largest absolute Gasteiger partial charge is 0.469 e. The van der Waals surface area contributed by atoms with E-state index in [9.17, 15) is 9.18 Å². The standard InChI is InChI=1S/C16H16FNO2/c1-20-16(19)11-15(12-7-9-13(17)10-8-12)18-14-5-3-2-4-6-14/h2-10,15,18H,11H2,1H3/t15-/m0/s1. The molecule has 1 N–H and O–H groups in total. The number of methoxy groups -OCH3 is 1. The average Bonchev–Trinajstić information content (AvgIpc) is 2.48. The van der Waals surface area contributed by atoms with E-state index >= 15 is 0 Å². The lowest BCUT2D eigenvalue weighted by molar-refractivity contribution is -0.140. The van der Waals surface area contributed by atoms with E-state index in [1.54, 1.807) is 12.1 Å². The maximum absolute atomic E-state index is 13.0. The summed E-state index contributed by atoms with van der Waals surface area (Å²) in [6.45, 7) is 0. The molecule has 0 spiro atoms.